The molecule has 0 spiro atoms. The molecule has 2 aromatic rings. The second-order valence-corrected chi connectivity index (χ2v) is 7.60. The van der Waals surface area contributed by atoms with Gasteiger partial charge in [-0.2, -0.15) is 5.26 Å². The molecule has 1 N–H and O–H groups in total. The normalized spacial score (nSPS) is 16.0. The number of carbonyl (C=O) groups excluding carboxylic acids is 1. The molecule has 0 bridgehead atoms. The molecule has 3 rings (SSSR count). The molecule has 0 radical (unpaired) electrons. The molecule has 1 amide bonds. The number of nitrogens with one attached hydrogen (secondary N) is 1. The first-order valence-electron chi connectivity index (χ1n) is 8.71. The third-order valence-corrected chi connectivity index (χ3v) is 5.61. The quantitative estimate of drug-likeness (QED) is 0.840. The second kappa shape index (κ2) is 7.71. The summed E-state index contributed by atoms with van der Waals surface area (Å²) in [5, 5.41) is 13.1. The van der Waals surface area contributed by atoms with E-state index >= 15 is 0 Å². The molecule has 0 aliphatic heterocycles. The van der Waals surface area contributed by atoms with Gasteiger partial charge in [0.1, 0.15) is 16.8 Å². The minimum atomic E-state index is -0.190. The molecule has 4 nitrogen and oxygen atoms in total. The van der Waals surface area contributed by atoms with E-state index in [9.17, 15) is 10.1 Å². The van der Waals surface area contributed by atoms with E-state index in [0.717, 1.165) is 37.0 Å². The average Bonchev–Trinajstić information content (AvgIpc) is 2.96. The summed E-state index contributed by atoms with van der Waals surface area (Å²) in [6.07, 6.45) is 3.97. The molecule has 1 atom stereocenters. The Morgan fingerprint density at radius 1 is 1.40 bits per heavy atom. The second-order valence-electron chi connectivity index (χ2n) is 6.49. The number of thiophene rings is 1. The Bertz CT molecular complexity index is 802. The maximum absolute atomic E-state index is 12.5. The van der Waals surface area contributed by atoms with Gasteiger partial charge in [0.15, 0.2) is 0 Å². The SMILES string of the molecule is CCCOc1ccc(C(=O)Nc2sc3c(c2C#N)CC[C@H](C)C3)cc1. The van der Waals surface area contributed by atoms with E-state index in [1.54, 1.807) is 35.6 Å². The van der Waals surface area contributed by atoms with E-state index in [2.05, 4.69) is 25.2 Å². The molecule has 1 aliphatic rings. The van der Waals surface area contributed by atoms with Crippen LogP contribution in [0.1, 0.15) is 53.1 Å². The zero-order valence-electron chi connectivity index (χ0n) is 14.6. The Kier molecular flexibility index (Phi) is 5.40. The van der Waals surface area contributed by atoms with Gasteiger partial charge < -0.3 is 10.1 Å². The maximum atomic E-state index is 12.5. The molecule has 5 heteroatoms. The first kappa shape index (κ1) is 17.5. The number of fused-ring (bicyclic) bond motifs is 1. The van der Waals surface area contributed by atoms with Gasteiger partial charge in [0.05, 0.1) is 12.2 Å². The number of benzene rings is 1. The molecule has 1 aliphatic carbocycles. The largest absolute Gasteiger partial charge is 0.494 e. The van der Waals surface area contributed by atoms with Crippen LogP contribution in [-0.4, -0.2) is 12.5 Å². The summed E-state index contributed by atoms with van der Waals surface area (Å²) >= 11 is 1.55. The van der Waals surface area contributed by atoms with Crippen LogP contribution < -0.4 is 10.1 Å². The standard InChI is InChI=1S/C20H22N2O2S/c1-3-10-24-15-7-5-14(6-8-15)19(23)22-20-17(12-21)16-9-4-13(2)11-18(16)25-20/h5-8,13H,3-4,9-11H2,1-2H3,(H,22,23)/t13-/m0/s1. The third kappa shape index (κ3) is 3.85. The van der Waals surface area contributed by atoms with Crippen molar-refractivity contribution in [1.82, 2.24) is 0 Å². The lowest BCUT2D eigenvalue weighted by atomic mass is 9.88. The van der Waals surface area contributed by atoms with Crippen LogP contribution >= 0.6 is 11.3 Å². The van der Waals surface area contributed by atoms with Crippen molar-refractivity contribution in [3.05, 3.63) is 45.8 Å². The molecule has 1 heterocycles. The van der Waals surface area contributed by atoms with Gasteiger partial charge in [-0.15, -0.1) is 11.3 Å². The Morgan fingerprint density at radius 2 is 2.16 bits per heavy atom. The lowest BCUT2D eigenvalue weighted by Gasteiger charge is -2.17. The van der Waals surface area contributed by atoms with E-state index in [1.165, 1.54) is 4.88 Å². The van der Waals surface area contributed by atoms with Crippen molar-refractivity contribution in [2.75, 3.05) is 11.9 Å². The lowest BCUT2D eigenvalue weighted by molar-refractivity contribution is 0.102. The van der Waals surface area contributed by atoms with E-state index in [0.29, 0.717) is 28.7 Å². The van der Waals surface area contributed by atoms with Crippen molar-refractivity contribution in [1.29, 1.82) is 5.26 Å². The number of amides is 1. The summed E-state index contributed by atoms with van der Waals surface area (Å²) in [6.45, 7) is 4.95. The highest BCUT2D eigenvalue weighted by Crippen LogP contribution is 2.39. The van der Waals surface area contributed by atoms with Crippen LogP contribution in [-0.2, 0) is 12.8 Å². The summed E-state index contributed by atoms with van der Waals surface area (Å²) in [5.41, 5.74) is 2.33. The van der Waals surface area contributed by atoms with Gasteiger partial charge in [-0.05, 0) is 61.4 Å². The maximum Gasteiger partial charge on any atom is 0.256 e. The van der Waals surface area contributed by atoms with Gasteiger partial charge in [-0.25, -0.2) is 0 Å². The van der Waals surface area contributed by atoms with Gasteiger partial charge in [-0.3, -0.25) is 4.79 Å². The number of hydrogen-bond acceptors (Lipinski definition) is 4. The number of ether oxygens (including phenoxy) is 1. The molecule has 1 aromatic carbocycles. The zero-order chi connectivity index (χ0) is 17.8. The minimum Gasteiger partial charge on any atom is -0.494 e. The van der Waals surface area contributed by atoms with E-state index in [1.807, 2.05) is 0 Å². The number of nitriles is 1. The highest BCUT2D eigenvalue weighted by Gasteiger charge is 2.24. The lowest BCUT2D eigenvalue weighted by Crippen LogP contribution is -2.12. The summed E-state index contributed by atoms with van der Waals surface area (Å²) < 4.78 is 5.54. The van der Waals surface area contributed by atoms with E-state index in [4.69, 9.17) is 4.74 Å². The van der Waals surface area contributed by atoms with E-state index in [-0.39, 0.29) is 5.91 Å². The number of carbonyl (C=O) groups is 1. The predicted molar refractivity (Wildman–Crippen MR) is 100 cm³/mol. The fourth-order valence-electron chi connectivity index (χ4n) is 3.05. The first-order valence-corrected chi connectivity index (χ1v) is 9.52. The fraction of sp³-hybridized carbons (Fsp3) is 0.400. The zero-order valence-corrected chi connectivity index (χ0v) is 15.4. The molecule has 0 saturated carbocycles. The Morgan fingerprint density at radius 3 is 2.84 bits per heavy atom. The van der Waals surface area contributed by atoms with Crippen LogP contribution in [0.4, 0.5) is 5.00 Å². The summed E-state index contributed by atoms with van der Waals surface area (Å²) in [4.78, 5) is 13.8. The number of anilines is 1. The van der Waals surface area contributed by atoms with Crippen LogP contribution in [0.5, 0.6) is 5.75 Å². The van der Waals surface area contributed by atoms with Crippen molar-refractivity contribution in [2.24, 2.45) is 5.92 Å². The van der Waals surface area contributed by atoms with Gasteiger partial charge in [0.2, 0.25) is 0 Å². The third-order valence-electron chi connectivity index (χ3n) is 4.44. The van der Waals surface area contributed by atoms with Crippen LogP contribution in [0.2, 0.25) is 0 Å². The van der Waals surface area contributed by atoms with Gasteiger partial charge in [0, 0.05) is 10.4 Å². The van der Waals surface area contributed by atoms with Crippen LogP contribution in [0.25, 0.3) is 0 Å². The summed E-state index contributed by atoms with van der Waals surface area (Å²) in [6, 6.07) is 9.39. The average molecular weight is 354 g/mol. The molecular formula is C20H22N2O2S. The number of hydrogen-bond donors (Lipinski definition) is 1. The molecular weight excluding hydrogens is 332 g/mol. The van der Waals surface area contributed by atoms with Gasteiger partial charge in [0.25, 0.3) is 5.91 Å². The van der Waals surface area contributed by atoms with Crippen molar-refractivity contribution in [2.45, 2.75) is 39.5 Å². The molecule has 1 aromatic heterocycles. The molecule has 0 unspecified atom stereocenters. The van der Waals surface area contributed by atoms with Crippen molar-refractivity contribution in [3.63, 3.8) is 0 Å². The Hall–Kier alpha value is -2.32. The van der Waals surface area contributed by atoms with Gasteiger partial charge >= 0.3 is 0 Å². The highest BCUT2D eigenvalue weighted by molar-refractivity contribution is 7.16. The molecule has 0 fully saturated rings. The van der Waals surface area contributed by atoms with Crippen LogP contribution in [0.3, 0.4) is 0 Å². The van der Waals surface area contributed by atoms with E-state index < -0.39 is 0 Å². The fourth-order valence-corrected chi connectivity index (χ4v) is 4.41. The Labute approximate surface area is 152 Å². The monoisotopic (exact) mass is 354 g/mol. The Balaban J connectivity index is 1.76. The smallest absolute Gasteiger partial charge is 0.256 e. The van der Waals surface area contributed by atoms with Gasteiger partial charge in [-0.1, -0.05) is 13.8 Å². The van der Waals surface area contributed by atoms with Crippen LogP contribution in [0, 0.1) is 17.2 Å². The summed E-state index contributed by atoms with van der Waals surface area (Å²) in [5.74, 6) is 1.21. The number of rotatable bonds is 5. The molecule has 0 saturated heterocycles. The molecule has 130 valence electrons. The highest BCUT2D eigenvalue weighted by atomic mass is 32.1. The van der Waals surface area contributed by atoms with Crippen LogP contribution in [0.15, 0.2) is 24.3 Å². The van der Waals surface area contributed by atoms with Crippen molar-refractivity contribution >= 4 is 22.2 Å². The minimum absolute atomic E-state index is 0.190. The topological polar surface area (TPSA) is 62.1 Å². The van der Waals surface area contributed by atoms with Crippen molar-refractivity contribution in [3.8, 4) is 11.8 Å². The predicted octanol–water partition coefficient (Wildman–Crippen LogP) is 4.79. The number of nitrogens with zero attached hydrogens (tertiary/aromatic N) is 1. The van der Waals surface area contributed by atoms with Crippen molar-refractivity contribution < 1.29 is 9.53 Å². The summed E-state index contributed by atoms with van der Waals surface area (Å²) in [7, 11) is 0. The molecule has 25 heavy (non-hydrogen) atoms. The first-order chi connectivity index (χ1) is 12.1.